The van der Waals surface area contributed by atoms with Gasteiger partial charge in [0.1, 0.15) is 13.2 Å². The lowest BCUT2D eigenvalue weighted by molar-refractivity contribution is -0.153. The molecule has 0 aromatic carbocycles. The summed E-state index contributed by atoms with van der Waals surface area (Å²) in [4.78, 5) is 22.0. The van der Waals surface area contributed by atoms with E-state index in [0.29, 0.717) is 6.61 Å². The van der Waals surface area contributed by atoms with E-state index in [1.807, 2.05) is 20.8 Å². The Balaban J connectivity index is 0.000000472. The van der Waals surface area contributed by atoms with E-state index < -0.39 is 16.6 Å². The topological polar surface area (TPSA) is 84.9 Å². The van der Waals surface area contributed by atoms with Crippen molar-refractivity contribution in [1.82, 2.24) is 0 Å². The molecule has 1 fully saturated rings. The SMILES string of the molecule is CC(C)(C)C(=O)OCC1COC[S+]1[O-].COC(=O)C(C)(C)C. The van der Waals surface area contributed by atoms with E-state index in [4.69, 9.17) is 9.47 Å². The standard InChI is InChI=1S/C9H16O4S.C6H12O2/c1-9(2,3)8(10)13-5-7-4-12-6-14(7)11;1-6(2,3)5(7)8-4/h7H,4-6H2,1-3H3;1-4H3. The van der Waals surface area contributed by atoms with Gasteiger partial charge in [0.2, 0.25) is 5.94 Å². The van der Waals surface area contributed by atoms with Gasteiger partial charge in [0, 0.05) is 0 Å². The van der Waals surface area contributed by atoms with Crippen LogP contribution in [-0.4, -0.2) is 48.0 Å². The van der Waals surface area contributed by atoms with Gasteiger partial charge in [-0.25, -0.2) is 0 Å². The molecule has 0 amide bonds. The minimum absolute atomic E-state index is 0.152. The van der Waals surface area contributed by atoms with Gasteiger partial charge in [0.05, 0.1) is 17.9 Å². The van der Waals surface area contributed by atoms with Crippen LogP contribution in [0, 0.1) is 10.8 Å². The van der Waals surface area contributed by atoms with Gasteiger partial charge in [-0.15, -0.1) is 0 Å². The number of hydrogen-bond donors (Lipinski definition) is 0. The molecule has 1 aliphatic rings. The lowest BCUT2D eigenvalue weighted by Crippen LogP contribution is -2.30. The zero-order valence-corrected chi connectivity index (χ0v) is 15.4. The molecule has 2 unspecified atom stereocenters. The predicted molar refractivity (Wildman–Crippen MR) is 84.6 cm³/mol. The first-order valence-corrected chi connectivity index (χ1v) is 8.48. The Morgan fingerprint density at radius 1 is 1.14 bits per heavy atom. The lowest BCUT2D eigenvalue weighted by Gasteiger charge is -2.18. The van der Waals surface area contributed by atoms with Crippen molar-refractivity contribution >= 4 is 23.1 Å². The molecule has 0 aliphatic carbocycles. The summed E-state index contributed by atoms with van der Waals surface area (Å²) >= 11 is -1.00. The van der Waals surface area contributed by atoms with Crippen LogP contribution in [0.3, 0.4) is 0 Å². The highest BCUT2D eigenvalue weighted by molar-refractivity contribution is 7.92. The van der Waals surface area contributed by atoms with Crippen molar-refractivity contribution in [1.29, 1.82) is 0 Å². The van der Waals surface area contributed by atoms with Crippen molar-refractivity contribution in [2.75, 3.05) is 26.3 Å². The highest BCUT2D eigenvalue weighted by Crippen LogP contribution is 2.18. The van der Waals surface area contributed by atoms with Crippen LogP contribution in [0.5, 0.6) is 0 Å². The number of ether oxygens (including phenoxy) is 3. The first-order valence-electron chi connectivity index (χ1n) is 7.10. The summed E-state index contributed by atoms with van der Waals surface area (Å²) in [5.74, 6) is -0.170. The maximum Gasteiger partial charge on any atom is 0.311 e. The number of hydrogen-bond acceptors (Lipinski definition) is 6. The van der Waals surface area contributed by atoms with Gasteiger partial charge in [-0.1, -0.05) is 0 Å². The van der Waals surface area contributed by atoms with E-state index >= 15 is 0 Å². The number of methoxy groups -OCH3 is 1. The highest BCUT2D eigenvalue weighted by Gasteiger charge is 2.32. The van der Waals surface area contributed by atoms with Crippen LogP contribution < -0.4 is 0 Å². The van der Waals surface area contributed by atoms with Crippen molar-refractivity contribution in [2.24, 2.45) is 10.8 Å². The van der Waals surface area contributed by atoms with Crippen molar-refractivity contribution in [3.05, 3.63) is 0 Å². The summed E-state index contributed by atoms with van der Waals surface area (Å²) in [6.07, 6.45) is 0. The van der Waals surface area contributed by atoms with Crippen molar-refractivity contribution in [2.45, 2.75) is 46.8 Å². The fraction of sp³-hybridized carbons (Fsp3) is 0.867. The summed E-state index contributed by atoms with van der Waals surface area (Å²) in [6.45, 7) is 11.4. The van der Waals surface area contributed by atoms with E-state index in [2.05, 4.69) is 4.74 Å². The third-order valence-electron chi connectivity index (χ3n) is 2.69. The van der Waals surface area contributed by atoms with Gasteiger partial charge >= 0.3 is 11.9 Å². The minimum Gasteiger partial charge on any atom is -0.614 e. The summed E-state index contributed by atoms with van der Waals surface area (Å²) in [7, 11) is 1.40. The molecule has 2 atom stereocenters. The fourth-order valence-corrected chi connectivity index (χ4v) is 2.17. The van der Waals surface area contributed by atoms with Crippen LogP contribution in [0.2, 0.25) is 0 Å². The second kappa shape index (κ2) is 8.74. The van der Waals surface area contributed by atoms with E-state index in [1.165, 1.54) is 7.11 Å². The summed E-state index contributed by atoms with van der Waals surface area (Å²) in [5, 5.41) is -0.152. The molecule has 0 spiro atoms. The third kappa shape index (κ3) is 8.00. The Morgan fingerprint density at radius 3 is 1.91 bits per heavy atom. The Hall–Kier alpha value is -0.790. The second-order valence-electron chi connectivity index (χ2n) is 7.08. The molecule has 0 bridgehead atoms. The van der Waals surface area contributed by atoms with Gasteiger partial charge in [-0.3, -0.25) is 9.59 Å². The van der Waals surface area contributed by atoms with Crippen LogP contribution in [-0.2, 0) is 35.0 Å². The Labute approximate surface area is 136 Å². The molecule has 0 aromatic heterocycles. The first kappa shape index (κ1) is 21.2. The molecule has 6 nitrogen and oxygen atoms in total. The molecule has 1 aliphatic heterocycles. The molecule has 1 saturated heterocycles. The number of rotatable bonds is 2. The summed E-state index contributed by atoms with van der Waals surface area (Å²) in [5.41, 5.74) is -0.851. The van der Waals surface area contributed by atoms with Crippen LogP contribution in [0.15, 0.2) is 0 Å². The van der Waals surface area contributed by atoms with Gasteiger partial charge in [0.15, 0.2) is 5.25 Å². The zero-order chi connectivity index (χ0) is 17.6. The van der Waals surface area contributed by atoms with E-state index in [1.54, 1.807) is 20.8 Å². The fourth-order valence-electron chi connectivity index (χ4n) is 1.25. The molecule has 1 heterocycles. The Bertz CT molecular complexity index is 369. The maximum atomic E-state index is 11.4. The van der Waals surface area contributed by atoms with Gasteiger partial charge in [0.25, 0.3) is 0 Å². The van der Waals surface area contributed by atoms with E-state index in [-0.39, 0.29) is 35.1 Å². The van der Waals surface area contributed by atoms with Crippen LogP contribution >= 0.6 is 0 Å². The summed E-state index contributed by atoms with van der Waals surface area (Å²) in [6, 6.07) is 0. The first-order chi connectivity index (χ1) is 9.89. The quantitative estimate of drug-likeness (QED) is 0.565. The normalized spacial score (nSPS) is 21.6. The number of carbonyl (C=O) groups excluding carboxylic acids is 2. The van der Waals surface area contributed by atoms with Crippen molar-refractivity contribution in [3.63, 3.8) is 0 Å². The molecular formula is C15H28O6S. The van der Waals surface area contributed by atoms with Crippen LogP contribution in [0.1, 0.15) is 41.5 Å². The molecule has 7 heteroatoms. The molecule has 1 rings (SSSR count). The molecular weight excluding hydrogens is 308 g/mol. The van der Waals surface area contributed by atoms with E-state index in [0.717, 1.165) is 0 Å². The average molecular weight is 336 g/mol. The van der Waals surface area contributed by atoms with Gasteiger partial charge in [-0.2, -0.15) is 0 Å². The van der Waals surface area contributed by atoms with Crippen molar-refractivity contribution in [3.8, 4) is 0 Å². The predicted octanol–water partition coefficient (Wildman–Crippen LogP) is 1.89. The van der Waals surface area contributed by atoms with E-state index in [9.17, 15) is 14.1 Å². The minimum atomic E-state index is -1.00. The third-order valence-corrected chi connectivity index (χ3v) is 4.10. The smallest absolute Gasteiger partial charge is 0.311 e. The molecule has 0 aromatic rings. The van der Waals surface area contributed by atoms with Gasteiger partial charge < -0.3 is 18.8 Å². The monoisotopic (exact) mass is 336 g/mol. The Morgan fingerprint density at radius 2 is 1.64 bits per heavy atom. The summed E-state index contributed by atoms with van der Waals surface area (Å²) < 4.78 is 25.8. The molecule has 130 valence electrons. The molecule has 0 N–H and O–H groups in total. The van der Waals surface area contributed by atoms with Crippen LogP contribution in [0.25, 0.3) is 0 Å². The average Bonchev–Trinajstić information content (AvgIpc) is 2.79. The van der Waals surface area contributed by atoms with Crippen molar-refractivity contribution < 1.29 is 28.4 Å². The molecule has 0 saturated carbocycles. The van der Waals surface area contributed by atoms with Gasteiger partial charge in [-0.05, 0) is 52.7 Å². The van der Waals surface area contributed by atoms with Crippen LogP contribution in [0.4, 0.5) is 0 Å². The zero-order valence-electron chi connectivity index (χ0n) is 14.6. The lowest BCUT2D eigenvalue weighted by atomic mass is 9.97. The molecule has 0 radical (unpaired) electrons. The number of esters is 2. The molecule has 22 heavy (non-hydrogen) atoms. The largest absolute Gasteiger partial charge is 0.614 e. The Kier molecular flexibility index (Phi) is 8.43. The highest BCUT2D eigenvalue weighted by atomic mass is 32.2. The second-order valence-corrected chi connectivity index (χ2v) is 8.75. The maximum absolute atomic E-state index is 11.4. The number of carbonyl (C=O) groups is 2.